The van der Waals surface area contributed by atoms with Crippen molar-refractivity contribution in [1.29, 1.82) is 0 Å². The normalized spacial score (nSPS) is 15.4. The van der Waals surface area contributed by atoms with Crippen molar-refractivity contribution in [2.45, 2.75) is 19.1 Å². The van der Waals surface area contributed by atoms with Crippen LogP contribution in [-0.4, -0.2) is 21.3 Å². The van der Waals surface area contributed by atoms with Gasteiger partial charge in [-0.25, -0.2) is 0 Å². The van der Waals surface area contributed by atoms with E-state index in [2.05, 4.69) is 4.98 Å². The van der Waals surface area contributed by atoms with E-state index in [1.165, 1.54) is 0 Å². The summed E-state index contributed by atoms with van der Waals surface area (Å²) in [7, 11) is 0. The number of H-pyrrole nitrogens is 1. The van der Waals surface area contributed by atoms with Crippen molar-refractivity contribution in [1.82, 2.24) is 4.98 Å². The summed E-state index contributed by atoms with van der Waals surface area (Å²) in [4.78, 5) is 2.99. The molecule has 2 aromatic rings. The van der Waals surface area contributed by atoms with E-state index >= 15 is 0 Å². The van der Waals surface area contributed by atoms with Crippen molar-refractivity contribution in [3.8, 4) is 5.75 Å². The fourth-order valence-corrected chi connectivity index (χ4v) is 1.66. The Hall–Kier alpha value is -1.52. The summed E-state index contributed by atoms with van der Waals surface area (Å²) in [6.45, 7) is 1.60. The Bertz CT molecular complexity index is 476. The lowest BCUT2D eigenvalue weighted by Crippen LogP contribution is -2.23. The number of aliphatic hydroxyl groups is 1. The predicted molar refractivity (Wildman–Crippen MR) is 58.6 cm³/mol. The molecule has 5 N–H and O–H groups in total. The highest BCUT2D eigenvalue weighted by molar-refractivity contribution is 5.87. The molecule has 0 fully saturated rings. The largest absolute Gasteiger partial charge is 0.507 e. The van der Waals surface area contributed by atoms with E-state index in [1.54, 1.807) is 25.3 Å². The summed E-state index contributed by atoms with van der Waals surface area (Å²) in [5, 5.41) is 20.0. The van der Waals surface area contributed by atoms with Crippen molar-refractivity contribution in [2.24, 2.45) is 5.73 Å². The van der Waals surface area contributed by atoms with E-state index in [0.717, 1.165) is 10.9 Å². The summed E-state index contributed by atoms with van der Waals surface area (Å²) >= 11 is 0. The second-order valence-corrected chi connectivity index (χ2v) is 3.71. The molecule has 0 bridgehead atoms. The van der Waals surface area contributed by atoms with E-state index < -0.39 is 12.1 Å². The summed E-state index contributed by atoms with van der Waals surface area (Å²) in [6.07, 6.45) is 1.06. The minimum Gasteiger partial charge on any atom is -0.507 e. The zero-order valence-corrected chi connectivity index (χ0v) is 8.44. The molecule has 2 atom stereocenters. The van der Waals surface area contributed by atoms with Gasteiger partial charge in [-0.05, 0) is 19.1 Å². The highest BCUT2D eigenvalue weighted by atomic mass is 16.3. The first-order valence-electron chi connectivity index (χ1n) is 4.84. The van der Waals surface area contributed by atoms with Gasteiger partial charge in [-0.1, -0.05) is 6.07 Å². The first-order valence-corrected chi connectivity index (χ1v) is 4.84. The zero-order valence-electron chi connectivity index (χ0n) is 8.44. The Kier molecular flexibility index (Phi) is 2.38. The zero-order chi connectivity index (χ0) is 11.0. The Labute approximate surface area is 87.3 Å². The third-order valence-corrected chi connectivity index (χ3v) is 2.62. The standard InChI is InChI=1S/C11H14N2O2/c1-6(14)10(12)8-2-3-9-7(11(8)15)4-5-13-9/h2-6,10,13-15H,12H2,1H3/t6-,10-/m0/s1. The van der Waals surface area contributed by atoms with E-state index in [0.29, 0.717) is 5.56 Å². The summed E-state index contributed by atoms with van der Waals surface area (Å²) < 4.78 is 0. The molecule has 4 heteroatoms. The maximum absolute atomic E-state index is 9.95. The van der Waals surface area contributed by atoms with Gasteiger partial charge in [-0.15, -0.1) is 0 Å². The average Bonchev–Trinajstić information content (AvgIpc) is 2.66. The predicted octanol–water partition coefficient (Wildman–Crippen LogP) is 1.25. The van der Waals surface area contributed by atoms with Gasteiger partial charge in [0.05, 0.1) is 12.1 Å². The van der Waals surface area contributed by atoms with Crippen LogP contribution in [0.4, 0.5) is 0 Å². The number of hydrogen-bond donors (Lipinski definition) is 4. The molecule has 0 aliphatic heterocycles. The fraction of sp³-hybridized carbons (Fsp3) is 0.273. The maximum Gasteiger partial charge on any atom is 0.129 e. The van der Waals surface area contributed by atoms with Gasteiger partial charge in [0, 0.05) is 22.7 Å². The number of benzene rings is 1. The molecule has 2 rings (SSSR count). The van der Waals surface area contributed by atoms with E-state index in [-0.39, 0.29) is 5.75 Å². The lowest BCUT2D eigenvalue weighted by atomic mass is 10.0. The average molecular weight is 206 g/mol. The number of aliphatic hydroxyl groups excluding tert-OH is 1. The SMILES string of the molecule is C[C@H](O)[C@H](N)c1ccc2[nH]ccc2c1O. The molecule has 15 heavy (non-hydrogen) atoms. The number of fused-ring (bicyclic) bond motifs is 1. The third kappa shape index (κ3) is 1.58. The molecule has 1 heterocycles. The molecule has 0 spiro atoms. The number of phenols is 1. The Morgan fingerprint density at radius 2 is 2.07 bits per heavy atom. The number of nitrogens with one attached hydrogen (secondary N) is 1. The first kappa shape index (κ1) is 10.0. The van der Waals surface area contributed by atoms with Gasteiger partial charge in [0.25, 0.3) is 0 Å². The second-order valence-electron chi connectivity index (χ2n) is 3.71. The first-order chi connectivity index (χ1) is 7.11. The van der Waals surface area contributed by atoms with Crippen molar-refractivity contribution in [2.75, 3.05) is 0 Å². The molecule has 0 aliphatic carbocycles. The van der Waals surface area contributed by atoms with Crippen LogP contribution < -0.4 is 5.73 Å². The van der Waals surface area contributed by atoms with Crippen LogP contribution in [0.25, 0.3) is 10.9 Å². The van der Waals surface area contributed by atoms with Gasteiger partial charge >= 0.3 is 0 Å². The molecule has 0 radical (unpaired) electrons. The number of hydrogen-bond acceptors (Lipinski definition) is 3. The highest BCUT2D eigenvalue weighted by Crippen LogP contribution is 2.32. The number of phenolic OH excluding ortho intramolecular Hbond substituents is 1. The van der Waals surface area contributed by atoms with Crippen LogP contribution in [-0.2, 0) is 0 Å². The van der Waals surface area contributed by atoms with Crippen LogP contribution >= 0.6 is 0 Å². The number of aromatic amines is 1. The van der Waals surface area contributed by atoms with E-state index in [9.17, 15) is 10.2 Å². The minimum atomic E-state index is -0.688. The minimum absolute atomic E-state index is 0.141. The van der Waals surface area contributed by atoms with Crippen LogP contribution in [0.15, 0.2) is 24.4 Å². The summed E-state index contributed by atoms with van der Waals surface area (Å²) in [5.74, 6) is 0.141. The smallest absolute Gasteiger partial charge is 0.129 e. The van der Waals surface area contributed by atoms with Crippen LogP contribution in [0.2, 0.25) is 0 Å². The summed E-state index contributed by atoms with van der Waals surface area (Å²) in [6, 6.07) is 4.78. The number of aromatic hydroxyl groups is 1. The Balaban J connectivity index is 2.57. The Morgan fingerprint density at radius 1 is 1.33 bits per heavy atom. The topological polar surface area (TPSA) is 82.3 Å². The van der Waals surface area contributed by atoms with Gasteiger partial charge in [0.2, 0.25) is 0 Å². The number of aromatic nitrogens is 1. The molecule has 0 saturated heterocycles. The van der Waals surface area contributed by atoms with Gasteiger partial charge in [0.1, 0.15) is 5.75 Å². The molecular formula is C11H14N2O2. The molecule has 4 nitrogen and oxygen atoms in total. The van der Waals surface area contributed by atoms with Crippen molar-refractivity contribution >= 4 is 10.9 Å². The molecular weight excluding hydrogens is 192 g/mol. The number of rotatable bonds is 2. The van der Waals surface area contributed by atoms with Gasteiger partial charge in [-0.2, -0.15) is 0 Å². The van der Waals surface area contributed by atoms with Gasteiger partial charge < -0.3 is 20.9 Å². The van der Waals surface area contributed by atoms with Crippen molar-refractivity contribution < 1.29 is 10.2 Å². The van der Waals surface area contributed by atoms with Gasteiger partial charge in [0.15, 0.2) is 0 Å². The molecule has 1 aromatic carbocycles. The van der Waals surface area contributed by atoms with Gasteiger partial charge in [-0.3, -0.25) is 0 Å². The molecule has 0 saturated carbocycles. The monoisotopic (exact) mass is 206 g/mol. The lowest BCUT2D eigenvalue weighted by molar-refractivity contribution is 0.163. The van der Waals surface area contributed by atoms with Crippen molar-refractivity contribution in [3.63, 3.8) is 0 Å². The number of nitrogens with two attached hydrogens (primary N) is 1. The second kappa shape index (κ2) is 3.56. The quantitative estimate of drug-likeness (QED) is 0.597. The Morgan fingerprint density at radius 3 is 2.73 bits per heavy atom. The van der Waals surface area contributed by atoms with Crippen LogP contribution in [0, 0.1) is 0 Å². The fourth-order valence-electron chi connectivity index (χ4n) is 1.66. The van der Waals surface area contributed by atoms with E-state index in [4.69, 9.17) is 5.73 Å². The molecule has 0 amide bonds. The highest BCUT2D eigenvalue weighted by Gasteiger charge is 2.17. The molecule has 1 aromatic heterocycles. The van der Waals surface area contributed by atoms with Crippen LogP contribution in [0.3, 0.4) is 0 Å². The van der Waals surface area contributed by atoms with Crippen LogP contribution in [0.1, 0.15) is 18.5 Å². The molecule has 0 unspecified atom stereocenters. The molecule has 0 aliphatic rings. The third-order valence-electron chi connectivity index (χ3n) is 2.62. The maximum atomic E-state index is 9.95. The van der Waals surface area contributed by atoms with Crippen LogP contribution in [0.5, 0.6) is 5.75 Å². The summed E-state index contributed by atoms with van der Waals surface area (Å²) in [5.41, 5.74) is 7.20. The lowest BCUT2D eigenvalue weighted by Gasteiger charge is -2.16. The van der Waals surface area contributed by atoms with Crippen molar-refractivity contribution in [3.05, 3.63) is 30.0 Å². The van der Waals surface area contributed by atoms with E-state index in [1.807, 2.05) is 6.07 Å². The molecule has 80 valence electrons.